The molecule has 0 heterocycles. The average Bonchev–Trinajstić information content (AvgIpc) is 2.45. The van der Waals surface area contributed by atoms with Crippen LogP contribution in [0.1, 0.15) is 45.6 Å². The summed E-state index contributed by atoms with van der Waals surface area (Å²) in [6, 6.07) is 7.36. The van der Waals surface area contributed by atoms with E-state index in [1.807, 2.05) is 12.1 Å². The van der Waals surface area contributed by atoms with E-state index >= 15 is 0 Å². The van der Waals surface area contributed by atoms with Crippen LogP contribution in [-0.4, -0.2) is 21.0 Å². The SMILES string of the molecule is CCC(C)CC(CC)NCCc1ccc(S(N)(=O)=O)cc1. The molecule has 0 spiro atoms. The summed E-state index contributed by atoms with van der Waals surface area (Å²) in [4.78, 5) is 0.169. The van der Waals surface area contributed by atoms with Crippen molar-refractivity contribution in [2.75, 3.05) is 6.54 Å². The maximum Gasteiger partial charge on any atom is 0.238 e. The van der Waals surface area contributed by atoms with Gasteiger partial charge in [-0.3, -0.25) is 0 Å². The van der Waals surface area contributed by atoms with Crippen LogP contribution in [0.25, 0.3) is 0 Å². The first-order valence-corrected chi connectivity index (χ1v) is 9.26. The zero-order valence-corrected chi connectivity index (χ0v) is 14.1. The van der Waals surface area contributed by atoms with Crippen LogP contribution >= 0.6 is 0 Å². The smallest absolute Gasteiger partial charge is 0.238 e. The van der Waals surface area contributed by atoms with Gasteiger partial charge in [-0.25, -0.2) is 13.6 Å². The lowest BCUT2D eigenvalue weighted by Crippen LogP contribution is -2.31. The predicted molar refractivity (Wildman–Crippen MR) is 87.7 cm³/mol. The Bertz CT molecular complexity index is 512. The van der Waals surface area contributed by atoms with Crippen LogP contribution in [0.2, 0.25) is 0 Å². The number of sulfonamides is 1. The highest BCUT2D eigenvalue weighted by atomic mass is 32.2. The van der Waals surface area contributed by atoms with Gasteiger partial charge in [-0.15, -0.1) is 0 Å². The van der Waals surface area contributed by atoms with Crippen LogP contribution < -0.4 is 10.5 Å². The summed E-state index contributed by atoms with van der Waals surface area (Å²) in [7, 11) is -3.59. The number of hydrogen-bond acceptors (Lipinski definition) is 3. The number of hydrogen-bond donors (Lipinski definition) is 2. The number of nitrogens with two attached hydrogens (primary N) is 1. The van der Waals surface area contributed by atoms with Gasteiger partial charge in [-0.2, -0.15) is 0 Å². The van der Waals surface area contributed by atoms with Crippen LogP contribution in [0, 0.1) is 5.92 Å². The van der Waals surface area contributed by atoms with E-state index in [0.717, 1.165) is 30.9 Å². The second-order valence-corrected chi connectivity index (χ2v) is 7.31. The quantitative estimate of drug-likeness (QED) is 0.736. The van der Waals surface area contributed by atoms with Gasteiger partial charge < -0.3 is 5.32 Å². The number of benzene rings is 1. The van der Waals surface area contributed by atoms with Crippen LogP contribution in [0.5, 0.6) is 0 Å². The summed E-state index contributed by atoms with van der Waals surface area (Å²) in [5, 5.41) is 8.67. The highest BCUT2D eigenvalue weighted by Gasteiger charge is 2.10. The van der Waals surface area contributed by atoms with E-state index in [1.54, 1.807) is 12.1 Å². The lowest BCUT2D eigenvalue weighted by molar-refractivity contribution is 0.387. The Labute approximate surface area is 129 Å². The Balaban J connectivity index is 2.44. The molecule has 1 aromatic carbocycles. The minimum atomic E-state index is -3.59. The highest BCUT2D eigenvalue weighted by molar-refractivity contribution is 7.89. The monoisotopic (exact) mass is 312 g/mol. The molecule has 0 aliphatic heterocycles. The minimum absolute atomic E-state index is 0.169. The summed E-state index contributed by atoms with van der Waals surface area (Å²) >= 11 is 0. The van der Waals surface area contributed by atoms with Gasteiger partial charge in [0, 0.05) is 6.04 Å². The molecular weight excluding hydrogens is 284 g/mol. The van der Waals surface area contributed by atoms with E-state index in [9.17, 15) is 8.42 Å². The molecule has 0 saturated carbocycles. The molecule has 1 aromatic rings. The molecule has 0 aliphatic carbocycles. The maximum atomic E-state index is 11.2. The third kappa shape index (κ3) is 6.59. The van der Waals surface area contributed by atoms with E-state index in [-0.39, 0.29) is 4.90 Å². The van der Waals surface area contributed by atoms with E-state index in [0.29, 0.717) is 6.04 Å². The molecule has 0 fully saturated rings. The first-order valence-electron chi connectivity index (χ1n) is 7.71. The molecule has 0 aliphatic rings. The fourth-order valence-corrected chi connectivity index (χ4v) is 2.83. The summed E-state index contributed by atoms with van der Waals surface area (Å²) in [5.74, 6) is 0.747. The van der Waals surface area contributed by atoms with Crippen molar-refractivity contribution in [2.45, 2.75) is 57.4 Å². The van der Waals surface area contributed by atoms with Crippen LogP contribution in [0.15, 0.2) is 29.2 Å². The molecule has 0 bridgehead atoms. The molecule has 120 valence electrons. The molecule has 1 rings (SSSR count). The average molecular weight is 312 g/mol. The second kappa shape index (κ2) is 8.51. The van der Waals surface area contributed by atoms with Crippen molar-refractivity contribution in [3.05, 3.63) is 29.8 Å². The van der Waals surface area contributed by atoms with Crippen molar-refractivity contribution in [3.63, 3.8) is 0 Å². The van der Waals surface area contributed by atoms with E-state index < -0.39 is 10.0 Å². The van der Waals surface area contributed by atoms with Gasteiger partial charge in [0.15, 0.2) is 0 Å². The topological polar surface area (TPSA) is 72.2 Å². The molecule has 3 N–H and O–H groups in total. The Morgan fingerprint density at radius 2 is 1.76 bits per heavy atom. The molecule has 2 unspecified atom stereocenters. The van der Waals surface area contributed by atoms with Crippen molar-refractivity contribution in [1.29, 1.82) is 0 Å². The maximum absolute atomic E-state index is 11.2. The Kier molecular flexibility index (Phi) is 7.35. The third-order valence-corrected chi connectivity index (χ3v) is 4.90. The normalized spacial score (nSPS) is 14.9. The molecule has 21 heavy (non-hydrogen) atoms. The minimum Gasteiger partial charge on any atom is -0.314 e. The number of rotatable bonds is 9. The number of nitrogens with one attached hydrogen (secondary N) is 1. The van der Waals surface area contributed by atoms with Crippen LogP contribution in [0.4, 0.5) is 0 Å². The molecule has 2 atom stereocenters. The first kappa shape index (κ1) is 18.1. The van der Waals surface area contributed by atoms with Gasteiger partial charge in [0.2, 0.25) is 10.0 Å². The highest BCUT2D eigenvalue weighted by Crippen LogP contribution is 2.12. The standard InChI is InChI=1S/C16H28N2O2S/c1-4-13(3)12-15(5-2)18-11-10-14-6-8-16(9-7-14)21(17,19)20/h6-9,13,15,18H,4-5,10-12H2,1-3H3,(H2,17,19,20). The molecule has 0 aromatic heterocycles. The van der Waals surface area contributed by atoms with Gasteiger partial charge in [0.05, 0.1) is 4.90 Å². The summed E-state index contributed by atoms with van der Waals surface area (Å²) in [5.41, 5.74) is 1.12. The van der Waals surface area contributed by atoms with Gasteiger partial charge in [-0.1, -0.05) is 39.3 Å². The Hall–Kier alpha value is -0.910. The molecule has 4 nitrogen and oxygen atoms in total. The molecular formula is C16H28N2O2S. The largest absolute Gasteiger partial charge is 0.314 e. The lowest BCUT2D eigenvalue weighted by Gasteiger charge is -2.20. The van der Waals surface area contributed by atoms with Crippen LogP contribution in [0.3, 0.4) is 0 Å². The lowest BCUT2D eigenvalue weighted by atomic mass is 9.97. The van der Waals surface area contributed by atoms with Crippen molar-refractivity contribution in [2.24, 2.45) is 11.1 Å². The fraction of sp³-hybridized carbons (Fsp3) is 0.625. The zero-order chi connectivity index (χ0) is 15.9. The summed E-state index contributed by atoms with van der Waals surface area (Å²) < 4.78 is 22.4. The first-order chi connectivity index (χ1) is 9.86. The van der Waals surface area contributed by atoms with Crippen molar-refractivity contribution in [3.8, 4) is 0 Å². The predicted octanol–water partition coefficient (Wildman–Crippen LogP) is 2.68. The Morgan fingerprint density at radius 1 is 1.14 bits per heavy atom. The molecule has 0 amide bonds. The summed E-state index contributed by atoms with van der Waals surface area (Å²) in [6.07, 6.45) is 4.45. The van der Waals surface area contributed by atoms with Gasteiger partial charge >= 0.3 is 0 Å². The Morgan fingerprint density at radius 3 is 2.24 bits per heavy atom. The van der Waals surface area contributed by atoms with Crippen LogP contribution in [-0.2, 0) is 16.4 Å². The molecule has 0 saturated heterocycles. The van der Waals surface area contributed by atoms with Gasteiger partial charge in [0.1, 0.15) is 0 Å². The van der Waals surface area contributed by atoms with E-state index in [1.165, 1.54) is 12.8 Å². The van der Waals surface area contributed by atoms with Gasteiger partial charge in [0.25, 0.3) is 0 Å². The van der Waals surface area contributed by atoms with E-state index in [2.05, 4.69) is 26.1 Å². The summed E-state index contributed by atoms with van der Waals surface area (Å²) in [6.45, 7) is 7.63. The van der Waals surface area contributed by atoms with Crippen molar-refractivity contribution in [1.82, 2.24) is 5.32 Å². The van der Waals surface area contributed by atoms with Crippen molar-refractivity contribution < 1.29 is 8.42 Å². The molecule has 5 heteroatoms. The fourth-order valence-electron chi connectivity index (χ4n) is 2.31. The second-order valence-electron chi connectivity index (χ2n) is 5.75. The molecule has 0 radical (unpaired) electrons. The number of primary sulfonamides is 1. The zero-order valence-electron chi connectivity index (χ0n) is 13.3. The van der Waals surface area contributed by atoms with Crippen molar-refractivity contribution >= 4 is 10.0 Å². The third-order valence-electron chi connectivity index (χ3n) is 3.98. The van der Waals surface area contributed by atoms with E-state index in [4.69, 9.17) is 5.14 Å². The van der Waals surface area contributed by atoms with Gasteiger partial charge in [-0.05, 0) is 49.4 Å².